The van der Waals surface area contributed by atoms with Crippen molar-refractivity contribution in [3.8, 4) is 11.5 Å². The number of anilines is 1. The van der Waals surface area contributed by atoms with Crippen molar-refractivity contribution >= 4 is 17.3 Å². The van der Waals surface area contributed by atoms with Crippen LogP contribution >= 0.6 is 0 Å². The average molecular weight is 410 g/mol. The van der Waals surface area contributed by atoms with Crippen molar-refractivity contribution in [2.24, 2.45) is 0 Å². The second kappa shape index (κ2) is 8.64. The molecule has 0 spiro atoms. The van der Waals surface area contributed by atoms with E-state index in [2.05, 4.69) is 10.4 Å². The molecule has 0 bridgehead atoms. The Morgan fingerprint density at radius 1 is 1.13 bits per heavy atom. The Labute approximate surface area is 173 Å². The van der Waals surface area contributed by atoms with Gasteiger partial charge in [-0.25, -0.2) is 0 Å². The third-order valence-corrected chi connectivity index (χ3v) is 4.72. The van der Waals surface area contributed by atoms with Gasteiger partial charge < -0.3 is 14.8 Å². The number of amides is 1. The lowest BCUT2D eigenvalue weighted by atomic mass is 10.1. The predicted molar refractivity (Wildman–Crippen MR) is 111 cm³/mol. The maximum atomic E-state index is 12.6. The predicted octanol–water partition coefficient (Wildman–Crippen LogP) is 3.73. The fourth-order valence-electron chi connectivity index (χ4n) is 3.13. The third kappa shape index (κ3) is 4.24. The van der Waals surface area contributed by atoms with Crippen LogP contribution in [0.1, 0.15) is 27.3 Å². The van der Waals surface area contributed by atoms with Crippen molar-refractivity contribution in [3.05, 3.63) is 75.1 Å². The maximum Gasteiger partial charge on any atom is 0.270 e. The quantitative estimate of drug-likeness (QED) is 0.470. The van der Waals surface area contributed by atoms with Crippen LogP contribution in [0.15, 0.2) is 42.5 Å². The molecule has 3 rings (SSSR count). The van der Waals surface area contributed by atoms with E-state index in [9.17, 15) is 14.9 Å². The molecule has 9 heteroatoms. The van der Waals surface area contributed by atoms with Gasteiger partial charge in [-0.2, -0.15) is 5.10 Å². The van der Waals surface area contributed by atoms with Crippen LogP contribution in [0, 0.1) is 24.0 Å². The van der Waals surface area contributed by atoms with Gasteiger partial charge in [-0.1, -0.05) is 12.1 Å². The monoisotopic (exact) mass is 410 g/mol. The molecule has 0 aliphatic rings. The molecule has 1 aromatic heterocycles. The molecule has 1 heterocycles. The topological polar surface area (TPSA) is 109 Å². The number of nitrogens with zero attached hydrogens (tertiary/aromatic N) is 3. The summed E-state index contributed by atoms with van der Waals surface area (Å²) in [6.07, 6.45) is 0. The molecule has 1 amide bonds. The van der Waals surface area contributed by atoms with E-state index in [4.69, 9.17) is 9.47 Å². The first-order valence-electron chi connectivity index (χ1n) is 9.14. The highest BCUT2D eigenvalue weighted by Gasteiger charge is 2.17. The van der Waals surface area contributed by atoms with Crippen LogP contribution in [-0.2, 0) is 6.54 Å². The van der Waals surface area contributed by atoms with Gasteiger partial charge in [0.1, 0.15) is 0 Å². The Kier molecular flexibility index (Phi) is 6.01. The smallest absolute Gasteiger partial charge is 0.270 e. The number of carbonyl (C=O) groups excluding carboxylic acids is 1. The number of hydrogen-bond acceptors (Lipinski definition) is 6. The van der Waals surface area contributed by atoms with Gasteiger partial charge in [-0.15, -0.1) is 0 Å². The van der Waals surface area contributed by atoms with Gasteiger partial charge in [0.25, 0.3) is 11.6 Å². The highest BCUT2D eigenvalue weighted by Crippen LogP contribution is 2.29. The summed E-state index contributed by atoms with van der Waals surface area (Å²) in [6.45, 7) is 4.12. The van der Waals surface area contributed by atoms with Crippen molar-refractivity contribution in [3.63, 3.8) is 0 Å². The van der Waals surface area contributed by atoms with Crippen LogP contribution in [0.5, 0.6) is 11.5 Å². The Hall–Kier alpha value is -3.88. The molecular weight excluding hydrogens is 388 g/mol. The highest BCUT2D eigenvalue weighted by molar-refractivity contribution is 6.05. The van der Waals surface area contributed by atoms with Crippen molar-refractivity contribution in [1.29, 1.82) is 0 Å². The molecule has 0 radical (unpaired) electrons. The number of rotatable bonds is 7. The molecule has 0 aliphatic carbocycles. The summed E-state index contributed by atoms with van der Waals surface area (Å²) >= 11 is 0. The van der Waals surface area contributed by atoms with E-state index in [0.717, 1.165) is 11.3 Å². The summed E-state index contributed by atoms with van der Waals surface area (Å²) in [5.41, 5.74) is 3.01. The lowest BCUT2D eigenvalue weighted by Crippen LogP contribution is -2.13. The van der Waals surface area contributed by atoms with E-state index in [1.165, 1.54) is 24.3 Å². The van der Waals surface area contributed by atoms with E-state index < -0.39 is 10.8 Å². The van der Waals surface area contributed by atoms with Gasteiger partial charge in [-0.3, -0.25) is 19.6 Å². The largest absolute Gasteiger partial charge is 0.493 e. The van der Waals surface area contributed by atoms with Gasteiger partial charge in [0, 0.05) is 17.7 Å². The summed E-state index contributed by atoms with van der Waals surface area (Å²) < 4.78 is 12.4. The number of hydrogen-bond donors (Lipinski definition) is 1. The van der Waals surface area contributed by atoms with Crippen LogP contribution in [0.3, 0.4) is 0 Å². The molecule has 0 saturated heterocycles. The Morgan fingerprint density at radius 3 is 2.53 bits per heavy atom. The zero-order valence-electron chi connectivity index (χ0n) is 17.1. The summed E-state index contributed by atoms with van der Waals surface area (Å²) in [5, 5.41) is 18.3. The molecule has 0 saturated carbocycles. The fourth-order valence-corrected chi connectivity index (χ4v) is 3.13. The molecule has 1 N–H and O–H groups in total. The number of nitrogens with one attached hydrogen (secondary N) is 1. The summed E-state index contributed by atoms with van der Waals surface area (Å²) in [6, 6.07) is 11.2. The standard InChI is InChI=1S/C21H22N4O5/c1-13-20(22-21(26)16-6-5-7-17(11-16)25(27)28)14(2)24(23-13)12-15-8-9-18(29-3)19(10-15)30-4/h5-11H,12H2,1-4H3,(H,22,26). The van der Waals surface area contributed by atoms with Gasteiger partial charge >= 0.3 is 0 Å². The van der Waals surface area contributed by atoms with Crippen LogP contribution in [0.25, 0.3) is 0 Å². The number of non-ortho nitro benzene ring substituents is 1. The second-order valence-corrected chi connectivity index (χ2v) is 6.65. The Morgan fingerprint density at radius 2 is 1.87 bits per heavy atom. The van der Waals surface area contributed by atoms with Crippen LogP contribution in [0.2, 0.25) is 0 Å². The molecule has 0 aliphatic heterocycles. The van der Waals surface area contributed by atoms with E-state index in [1.54, 1.807) is 25.8 Å². The van der Waals surface area contributed by atoms with Crippen LogP contribution < -0.4 is 14.8 Å². The SMILES string of the molecule is COc1ccc(Cn2nc(C)c(NC(=O)c3cccc([N+](=O)[O-])c3)c2C)cc1OC. The van der Waals surface area contributed by atoms with Gasteiger partial charge in [-0.05, 0) is 37.6 Å². The number of nitro benzene ring substituents is 1. The van der Waals surface area contributed by atoms with Crippen molar-refractivity contribution < 1.29 is 19.2 Å². The normalized spacial score (nSPS) is 10.5. The molecule has 0 atom stereocenters. The van der Waals surface area contributed by atoms with Gasteiger partial charge in [0.15, 0.2) is 11.5 Å². The summed E-state index contributed by atoms with van der Waals surface area (Å²) in [4.78, 5) is 23.0. The highest BCUT2D eigenvalue weighted by atomic mass is 16.6. The molecule has 3 aromatic rings. The van der Waals surface area contributed by atoms with Gasteiger partial charge in [0.05, 0.1) is 42.8 Å². The number of ether oxygens (including phenoxy) is 2. The number of aromatic nitrogens is 2. The minimum absolute atomic E-state index is 0.139. The fraction of sp³-hybridized carbons (Fsp3) is 0.238. The molecule has 30 heavy (non-hydrogen) atoms. The molecule has 9 nitrogen and oxygen atoms in total. The van der Waals surface area contributed by atoms with Crippen molar-refractivity contribution in [1.82, 2.24) is 9.78 Å². The third-order valence-electron chi connectivity index (χ3n) is 4.72. The minimum atomic E-state index is -0.533. The number of nitro groups is 1. The summed E-state index contributed by atoms with van der Waals surface area (Å²) in [7, 11) is 3.15. The zero-order valence-corrected chi connectivity index (χ0v) is 17.1. The Balaban J connectivity index is 1.83. The van der Waals surface area contributed by atoms with Crippen molar-refractivity contribution in [2.45, 2.75) is 20.4 Å². The minimum Gasteiger partial charge on any atom is -0.493 e. The Bertz CT molecular complexity index is 1110. The molecule has 156 valence electrons. The summed E-state index contributed by atoms with van der Waals surface area (Å²) in [5.74, 6) is 0.825. The number of benzene rings is 2. The first-order chi connectivity index (χ1) is 14.3. The zero-order chi connectivity index (χ0) is 21.8. The lowest BCUT2D eigenvalue weighted by molar-refractivity contribution is -0.384. The number of aryl methyl sites for hydroxylation is 1. The van der Waals surface area contributed by atoms with Crippen molar-refractivity contribution in [2.75, 3.05) is 19.5 Å². The molecular formula is C21H22N4O5. The van der Waals surface area contributed by atoms with Crippen LogP contribution in [0.4, 0.5) is 11.4 Å². The molecule has 0 fully saturated rings. The molecule has 2 aromatic carbocycles. The van der Waals surface area contributed by atoms with Gasteiger partial charge in [0.2, 0.25) is 0 Å². The maximum absolute atomic E-state index is 12.6. The second-order valence-electron chi connectivity index (χ2n) is 6.65. The van der Waals surface area contributed by atoms with Crippen LogP contribution in [-0.4, -0.2) is 34.8 Å². The van der Waals surface area contributed by atoms with E-state index in [1.807, 2.05) is 25.1 Å². The van der Waals surface area contributed by atoms with E-state index in [-0.39, 0.29) is 11.3 Å². The van der Waals surface area contributed by atoms with E-state index in [0.29, 0.717) is 29.4 Å². The molecule has 0 unspecified atom stereocenters. The number of carbonyl (C=O) groups is 1. The van der Waals surface area contributed by atoms with E-state index >= 15 is 0 Å². The first kappa shape index (κ1) is 20.8. The lowest BCUT2D eigenvalue weighted by Gasteiger charge is -2.11. The number of methoxy groups -OCH3 is 2. The first-order valence-corrected chi connectivity index (χ1v) is 9.14. The average Bonchev–Trinajstić information content (AvgIpc) is 3.00.